The topological polar surface area (TPSA) is 55.4 Å². The predicted molar refractivity (Wildman–Crippen MR) is 55.1 cm³/mol. The van der Waals surface area contributed by atoms with Gasteiger partial charge in [-0.1, -0.05) is 0 Å². The molecule has 1 aliphatic rings. The van der Waals surface area contributed by atoms with E-state index in [4.69, 9.17) is 0 Å². The van der Waals surface area contributed by atoms with Gasteiger partial charge < -0.3 is 10.1 Å². The van der Waals surface area contributed by atoms with E-state index in [0.29, 0.717) is 0 Å². The average Bonchev–Trinajstić information content (AvgIpc) is 2.19. The molecule has 0 aliphatic carbocycles. The van der Waals surface area contributed by atoms with Gasteiger partial charge in [0.1, 0.15) is 0 Å². The Bertz CT molecular complexity index is 214. The van der Waals surface area contributed by atoms with Crippen LogP contribution in [0.25, 0.3) is 0 Å². The predicted octanol–water partition coefficient (Wildman–Crippen LogP) is 0.561. The first-order valence-electron chi connectivity index (χ1n) is 4.79. The summed E-state index contributed by atoms with van der Waals surface area (Å²) in [6.45, 7) is 1.93. The van der Waals surface area contributed by atoms with Gasteiger partial charge in [-0.25, -0.2) is 4.79 Å². The first-order valence-corrected chi connectivity index (χ1v) is 5.95. The lowest BCUT2D eigenvalue weighted by molar-refractivity contribution is -0.154. The molecule has 0 atom stereocenters. The first-order chi connectivity index (χ1) is 6.74. The molecule has 5 heteroatoms. The molecule has 0 saturated carbocycles. The molecular formula is C9H15NO3S. The third kappa shape index (κ3) is 3.57. The fourth-order valence-corrected chi connectivity index (χ4v) is 2.39. The maximum atomic E-state index is 11.2. The molecule has 1 saturated heterocycles. The molecule has 14 heavy (non-hydrogen) atoms. The van der Waals surface area contributed by atoms with E-state index in [1.165, 1.54) is 0 Å². The van der Waals surface area contributed by atoms with Gasteiger partial charge in [-0.05, 0) is 31.3 Å². The van der Waals surface area contributed by atoms with Crippen molar-refractivity contribution in [3.8, 4) is 0 Å². The Morgan fingerprint density at radius 2 is 2.07 bits per heavy atom. The van der Waals surface area contributed by atoms with Crippen molar-refractivity contribution in [1.82, 2.24) is 5.32 Å². The molecule has 0 aromatic heterocycles. The highest BCUT2D eigenvalue weighted by Crippen LogP contribution is 2.16. The number of thioether (sulfide) groups is 1. The largest absolute Gasteiger partial charge is 0.459 e. The van der Waals surface area contributed by atoms with Gasteiger partial charge >= 0.3 is 11.9 Å². The van der Waals surface area contributed by atoms with Crippen LogP contribution in [-0.4, -0.2) is 36.0 Å². The van der Waals surface area contributed by atoms with Crippen LogP contribution in [0.3, 0.4) is 0 Å². The number of rotatable bonds is 2. The summed E-state index contributed by atoms with van der Waals surface area (Å²) in [5, 5.41) is 2.68. The number of esters is 1. The van der Waals surface area contributed by atoms with Crippen LogP contribution in [0.5, 0.6) is 0 Å². The van der Waals surface area contributed by atoms with Gasteiger partial charge in [-0.3, -0.25) is 4.79 Å². The second-order valence-corrected chi connectivity index (χ2v) is 4.31. The van der Waals surface area contributed by atoms with Gasteiger partial charge in [0.25, 0.3) is 0 Å². The number of nitrogens with one attached hydrogen (secondary N) is 1. The highest BCUT2D eigenvalue weighted by Gasteiger charge is 2.20. The lowest BCUT2D eigenvalue weighted by Crippen LogP contribution is -2.41. The Kier molecular flexibility index (Phi) is 4.79. The van der Waals surface area contributed by atoms with Crippen molar-refractivity contribution in [2.45, 2.75) is 25.8 Å². The van der Waals surface area contributed by atoms with Crippen LogP contribution in [0.4, 0.5) is 0 Å². The Hall–Kier alpha value is -0.710. The van der Waals surface area contributed by atoms with Crippen molar-refractivity contribution < 1.29 is 14.3 Å². The SMILES string of the molecule is CCOC(=O)C(=O)NC1CCSCC1. The summed E-state index contributed by atoms with van der Waals surface area (Å²) in [6.07, 6.45) is 1.88. The summed E-state index contributed by atoms with van der Waals surface area (Å²) < 4.78 is 4.59. The molecule has 1 fully saturated rings. The Labute approximate surface area is 87.8 Å². The molecule has 1 rings (SSSR count). The van der Waals surface area contributed by atoms with Crippen molar-refractivity contribution in [2.24, 2.45) is 0 Å². The van der Waals surface area contributed by atoms with Crippen LogP contribution >= 0.6 is 11.8 Å². The molecule has 1 aliphatic heterocycles. The molecule has 1 amide bonds. The Morgan fingerprint density at radius 3 is 2.64 bits per heavy atom. The zero-order chi connectivity index (χ0) is 10.4. The van der Waals surface area contributed by atoms with E-state index >= 15 is 0 Å². The summed E-state index contributed by atoms with van der Waals surface area (Å²) in [6, 6.07) is 0.146. The van der Waals surface area contributed by atoms with Crippen LogP contribution in [0.2, 0.25) is 0 Å². The second-order valence-electron chi connectivity index (χ2n) is 3.08. The zero-order valence-electron chi connectivity index (χ0n) is 8.25. The van der Waals surface area contributed by atoms with Gasteiger partial charge in [0.05, 0.1) is 6.61 Å². The van der Waals surface area contributed by atoms with Gasteiger partial charge in [-0.15, -0.1) is 0 Å². The lowest BCUT2D eigenvalue weighted by Gasteiger charge is -2.21. The van der Waals surface area contributed by atoms with Gasteiger partial charge in [0.2, 0.25) is 0 Å². The summed E-state index contributed by atoms with van der Waals surface area (Å²) in [7, 11) is 0. The fraction of sp³-hybridized carbons (Fsp3) is 0.778. The maximum absolute atomic E-state index is 11.2. The summed E-state index contributed by atoms with van der Waals surface area (Å²) in [5.74, 6) is 0.719. The molecular weight excluding hydrogens is 202 g/mol. The van der Waals surface area contributed by atoms with Crippen molar-refractivity contribution >= 4 is 23.6 Å². The van der Waals surface area contributed by atoms with Crippen molar-refractivity contribution in [3.05, 3.63) is 0 Å². The number of amides is 1. The third-order valence-electron chi connectivity index (χ3n) is 2.02. The molecule has 0 unspecified atom stereocenters. The number of hydrogen-bond acceptors (Lipinski definition) is 4. The molecule has 0 radical (unpaired) electrons. The van der Waals surface area contributed by atoms with Crippen LogP contribution in [0.1, 0.15) is 19.8 Å². The minimum Gasteiger partial charge on any atom is -0.459 e. The monoisotopic (exact) mass is 217 g/mol. The van der Waals surface area contributed by atoms with Gasteiger partial charge in [0, 0.05) is 6.04 Å². The molecule has 1 heterocycles. The van der Waals surface area contributed by atoms with Gasteiger partial charge in [-0.2, -0.15) is 11.8 Å². The minimum absolute atomic E-state index is 0.146. The van der Waals surface area contributed by atoms with Crippen LogP contribution < -0.4 is 5.32 Å². The summed E-state index contributed by atoms with van der Waals surface area (Å²) in [5.41, 5.74) is 0. The second kappa shape index (κ2) is 5.90. The third-order valence-corrected chi connectivity index (χ3v) is 3.07. The van der Waals surface area contributed by atoms with Crippen molar-refractivity contribution in [3.63, 3.8) is 0 Å². The van der Waals surface area contributed by atoms with Crippen LogP contribution in [-0.2, 0) is 14.3 Å². The zero-order valence-corrected chi connectivity index (χ0v) is 9.06. The Morgan fingerprint density at radius 1 is 1.43 bits per heavy atom. The molecule has 4 nitrogen and oxygen atoms in total. The molecule has 0 spiro atoms. The smallest absolute Gasteiger partial charge is 0.396 e. The molecule has 0 aromatic carbocycles. The normalized spacial score (nSPS) is 17.5. The number of carbonyl (C=O) groups is 2. The molecule has 0 aromatic rings. The van der Waals surface area contributed by atoms with Crippen LogP contribution in [0, 0.1) is 0 Å². The summed E-state index contributed by atoms with van der Waals surface area (Å²) in [4.78, 5) is 22.2. The first kappa shape index (κ1) is 11.4. The average molecular weight is 217 g/mol. The van der Waals surface area contributed by atoms with E-state index in [0.717, 1.165) is 24.3 Å². The number of hydrogen-bond donors (Lipinski definition) is 1. The molecule has 1 N–H and O–H groups in total. The lowest BCUT2D eigenvalue weighted by atomic mass is 10.1. The Balaban J connectivity index is 2.28. The van der Waals surface area contributed by atoms with E-state index in [2.05, 4.69) is 10.1 Å². The van der Waals surface area contributed by atoms with E-state index < -0.39 is 11.9 Å². The number of carbonyl (C=O) groups excluding carboxylic acids is 2. The van der Waals surface area contributed by atoms with Crippen molar-refractivity contribution in [2.75, 3.05) is 18.1 Å². The minimum atomic E-state index is -0.772. The standard InChI is InChI=1S/C9H15NO3S/c1-2-13-9(12)8(11)10-7-3-5-14-6-4-7/h7H,2-6H2,1H3,(H,10,11). The van der Waals surface area contributed by atoms with E-state index in [-0.39, 0.29) is 12.6 Å². The van der Waals surface area contributed by atoms with E-state index in [1.54, 1.807) is 6.92 Å². The quantitative estimate of drug-likeness (QED) is 0.542. The van der Waals surface area contributed by atoms with Crippen molar-refractivity contribution in [1.29, 1.82) is 0 Å². The maximum Gasteiger partial charge on any atom is 0.396 e. The number of ether oxygens (including phenoxy) is 1. The molecule has 0 bridgehead atoms. The fourth-order valence-electron chi connectivity index (χ4n) is 1.28. The van der Waals surface area contributed by atoms with Gasteiger partial charge in [0.15, 0.2) is 0 Å². The highest BCUT2D eigenvalue weighted by atomic mass is 32.2. The van der Waals surface area contributed by atoms with E-state index in [9.17, 15) is 9.59 Å². The highest BCUT2D eigenvalue weighted by molar-refractivity contribution is 7.99. The molecule has 80 valence electrons. The summed E-state index contributed by atoms with van der Waals surface area (Å²) >= 11 is 1.88. The van der Waals surface area contributed by atoms with E-state index in [1.807, 2.05) is 11.8 Å². The van der Waals surface area contributed by atoms with Crippen LogP contribution in [0.15, 0.2) is 0 Å².